The van der Waals surface area contributed by atoms with Crippen molar-refractivity contribution in [3.63, 3.8) is 0 Å². The summed E-state index contributed by atoms with van der Waals surface area (Å²) >= 11 is 0.929. The monoisotopic (exact) mass is 214 g/mol. The second-order valence-electron chi connectivity index (χ2n) is 2.94. The number of piperazine rings is 1. The number of anilines is 1. The van der Waals surface area contributed by atoms with Crippen molar-refractivity contribution < 1.29 is 9.90 Å². The number of aromatic carboxylic acids is 1. The lowest BCUT2D eigenvalue weighted by atomic mass is 10.4. The molecule has 0 amide bonds. The average molecular weight is 214 g/mol. The molecule has 76 valence electrons. The predicted molar refractivity (Wildman–Crippen MR) is 52.0 cm³/mol. The second-order valence-corrected chi connectivity index (χ2v) is 3.69. The van der Waals surface area contributed by atoms with Crippen LogP contribution in [0.25, 0.3) is 0 Å². The molecule has 2 heterocycles. The van der Waals surface area contributed by atoms with Crippen molar-refractivity contribution in [2.24, 2.45) is 0 Å². The minimum absolute atomic E-state index is 0.0542. The maximum atomic E-state index is 10.6. The molecule has 1 fully saturated rings. The van der Waals surface area contributed by atoms with Gasteiger partial charge in [0.15, 0.2) is 0 Å². The molecule has 2 rings (SSSR count). The van der Waals surface area contributed by atoms with Crippen LogP contribution in [0.4, 0.5) is 5.95 Å². The number of nitrogens with zero attached hydrogens (tertiary/aromatic N) is 3. The number of hydrogen-bond acceptors (Lipinski definition) is 6. The van der Waals surface area contributed by atoms with Crippen LogP contribution in [0.2, 0.25) is 0 Å². The van der Waals surface area contributed by atoms with Gasteiger partial charge in [-0.2, -0.15) is 9.36 Å². The van der Waals surface area contributed by atoms with E-state index in [4.69, 9.17) is 5.11 Å². The molecular formula is C7H10N4O2S. The molecule has 0 saturated carbocycles. The fraction of sp³-hybridized carbons (Fsp3) is 0.571. The quantitative estimate of drug-likeness (QED) is 0.700. The summed E-state index contributed by atoms with van der Waals surface area (Å²) in [7, 11) is 0. The lowest BCUT2D eigenvalue weighted by molar-refractivity contribution is 0.0696. The predicted octanol–water partition coefficient (Wildman–Crippen LogP) is -0.354. The van der Waals surface area contributed by atoms with Crippen LogP contribution < -0.4 is 10.2 Å². The van der Waals surface area contributed by atoms with Gasteiger partial charge in [0, 0.05) is 26.2 Å². The molecule has 0 spiro atoms. The third-order valence-corrected chi connectivity index (χ3v) is 2.69. The zero-order chi connectivity index (χ0) is 9.97. The molecule has 6 nitrogen and oxygen atoms in total. The number of nitrogens with one attached hydrogen (secondary N) is 1. The normalized spacial score (nSPS) is 17.0. The van der Waals surface area contributed by atoms with Crippen molar-refractivity contribution >= 4 is 23.5 Å². The molecule has 0 aromatic carbocycles. The molecule has 2 N–H and O–H groups in total. The van der Waals surface area contributed by atoms with Crippen LogP contribution in [0.15, 0.2) is 0 Å². The van der Waals surface area contributed by atoms with E-state index in [0.717, 1.165) is 37.7 Å². The van der Waals surface area contributed by atoms with E-state index in [2.05, 4.69) is 14.7 Å². The largest absolute Gasteiger partial charge is 0.476 e. The average Bonchev–Trinajstić information content (AvgIpc) is 2.68. The Morgan fingerprint density at radius 3 is 2.79 bits per heavy atom. The van der Waals surface area contributed by atoms with Crippen LogP contribution in [0.5, 0.6) is 0 Å². The maximum Gasteiger partial charge on any atom is 0.366 e. The first-order chi connectivity index (χ1) is 6.77. The lowest BCUT2D eigenvalue weighted by Gasteiger charge is -2.25. The van der Waals surface area contributed by atoms with Gasteiger partial charge in [0.05, 0.1) is 0 Å². The van der Waals surface area contributed by atoms with E-state index in [1.807, 2.05) is 4.90 Å². The summed E-state index contributed by atoms with van der Waals surface area (Å²) in [5, 5.41) is 11.9. The maximum absolute atomic E-state index is 10.6. The van der Waals surface area contributed by atoms with E-state index in [9.17, 15) is 4.79 Å². The SMILES string of the molecule is O=C(O)c1nc(N2CCNCC2)ns1. The fourth-order valence-electron chi connectivity index (χ4n) is 1.30. The van der Waals surface area contributed by atoms with Gasteiger partial charge >= 0.3 is 5.97 Å². The summed E-state index contributed by atoms with van der Waals surface area (Å²) in [5.74, 6) is -0.474. The summed E-state index contributed by atoms with van der Waals surface area (Å²) < 4.78 is 4.01. The van der Waals surface area contributed by atoms with Crippen molar-refractivity contribution in [1.82, 2.24) is 14.7 Å². The zero-order valence-electron chi connectivity index (χ0n) is 7.43. The first kappa shape index (κ1) is 9.35. The van der Waals surface area contributed by atoms with Crippen molar-refractivity contribution in [3.8, 4) is 0 Å². The molecule has 1 aliphatic heterocycles. The van der Waals surface area contributed by atoms with Gasteiger partial charge in [-0.05, 0) is 11.5 Å². The van der Waals surface area contributed by atoms with E-state index in [1.165, 1.54) is 0 Å². The number of carbonyl (C=O) groups is 1. The number of carboxylic acids is 1. The smallest absolute Gasteiger partial charge is 0.366 e. The van der Waals surface area contributed by atoms with Gasteiger partial charge in [-0.1, -0.05) is 0 Å². The van der Waals surface area contributed by atoms with E-state index < -0.39 is 5.97 Å². The highest BCUT2D eigenvalue weighted by Crippen LogP contribution is 2.13. The summed E-state index contributed by atoms with van der Waals surface area (Å²) in [6, 6.07) is 0. The molecular weight excluding hydrogens is 204 g/mol. The number of hydrogen-bond donors (Lipinski definition) is 2. The van der Waals surface area contributed by atoms with Crippen LogP contribution in [-0.4, -0.2) is 46.6 Å². The first-order valence-corrected chi connectivity index (χ1v) is 5.07. The summed E-state index contributed by atoms with van der Waals surface area (Å²) in [6.07, 6.45) is 0. The fourth-order valence-corrected chi connectivity index (χ4v) is 1.82. The molecule has 0 atom stereocenters. The zero-order valence-corrected chi connectivity index (χ0v) is 8.25. The second kappa shape index (κ2) is 3.89. The Bertz CT molecular complexity index is 334. The molecule has 1 aromatic heterocycles. The minimum Gasteiger partial charge on any atom is -0.476 e. The van der Waals surface area contributed by atoms with Crippen molar-refractivity contribution in [3.05, 3.63) is 5.01 Å². The van der Waals surface area contributed by atoms with E-state index in [-0.39, 0.29) is 5.01 Å². The lowest BCUT2D eigenvalue weighted by Crippen LogP contribution is -2.44. The highest BCUT2D eigenvalue weighted by atomic mass is 32.1. The van der Waals surface area contributed by atoms with Gasteiger partial charge in [-0.25, -0.2) is 4.79 Å². The summed E-state index contributed by atoms with van der Waals surface area (Å²) in [4.78, 5) is 16.5. The van der Waals surface area contributed by atoms with Crippen LogP contribution in [0.1, 0.15) is 9.80 Å². The van der Waals surface area contributed by atoms with Gasteiger partial charge in [-0.15, -0.1) is 0 Å². The number of aromatic nitrogens is 2. The van der Waals surface area contributed by atoms with Crippen LogP contribution in [0.3, 0.4) is 0 Å². The molecule has 0 bridgehead atoms. The molecule has 0 unspecified atom stereocenters. The summed E-state index contributed by atoms with van der Waals surface area (Å²) in [6.45, 7) is 3.44. The van der Waals surface area contributed by atoms with Gasteiger partial charge < -0.3 is 15.3 Å². The number of carboxylic acid groups (broad SMARTS) is 1. The Labute approximate surface area is 84.7 Å². The summed E-state index contributed by atoms with van der Waals surface area (Å²) in [5.41, 5.74) is 0. The Morgan fingerprint density at radius 2 is 2.21 bits per heavy atom. The van der Waals surface area contributed by atoms with Gasteiger partial charge in [0.25, 0.3) is 0 Å². The number of rotatable bonds is 2. The molecule has 0 aliphatic carbocycles. The third-order valence-electron chi connectivity index (χ3n) is 2.00. The Hall–Kier alpha value is -1.21. The standard InChI is InChI=1S/C7H10N4O2S/c12-6(13)5-9-7(10-14-5)11-3-1-8-2-4-11/h8H,1-4H2,(H,12,13). The molecule has 1 saturated heterocycles. The molecule has 1 aliphatic rings. The molecule has 1 aromatic rings. The highest BCUT2D eigenvalue weighted by Gasteiger charge is 2.17. The van der Waals surface area contributed by atoms with Gasteiger partial charge in [0.2, 0.25) is 11.0 Å². The Kier molecular flexibility index (Phi) is 2.60. The topological polar surface area (TPSA) is 78.3 Å². The first-order valence-electron chi connectivity index (χ1n) is 4.30. The van der Waals surface area contributed by atoms with E-state index in [0.29, 0.717) is 5.95 Å². The van der Waals surface area contributed by atoms with Gasteiger partial charge in [0.1, 0.15) is 0 Å². The van der Waals surface area contributed by atoms with E-state index >= 15 is 0 Å². The van der Waals surface area contributed by atoms with Crippen molar-refractivity contribution in [2.75, 3.05) is 31.1 Å². The molecule has 14 heavy (non-hydrogen) atoms. The third kappa shape index (κ3) is 1.83. The van der Waals surface area contributed by atoms with Crippen LogP contribution in [-0.2, 0) is 0 Å². The Balaban J connectivity index is 2.11. The van der Waals surface area contributed by atoms with Crippen LogP contribution in [0, 0.1) is 0 Å². The Morgan fingerprint density at radius 1 is 1.50 bits per heavy atom. The molecule has 0 radical (unpaired) electrons. The van der Waals surface area contributed by atoms with E-state index in [1.54, 1.807) is 0 Å². The highest BCUT2D eigenvalue weighted by molar-refractivity contribution is 7.07. The molecule has 7 heteroatoms. The van der Waals surface area contributed by atoms with Gasteiger partial charge in [-0.3, -0.25) is 0 Å². The van der Waals surface area contributed by atoms with Crippen molar-refractivity contribution in [1.29, 1.82) is 0 Å². The van der Waals surface area contributed by atoms with Crippen molar-refractivity contribution in [2.45, 2.75) is 0 Å². The minimum atomic E-state index is -1.01. The van der Waals surface area contributed by atoms with Crippen LogP contribution >= 0.6 is 11.5 Å².